The van der Waals surface area contributed by atoms with Crippen LogP contribution < -0.4 is 10.1 Å². The van der Waals surface area contributed by atoms with E-state index < -0.39 is 0 Å². The van der Waals surface area contributed by atoms with Crippen LogP contribution in [0.1, 0.15) is 23.0 Å². The minimum atomic E-state index is -0.0996. The fourth-order valence-corrected chi connectivity index (χ4v) is 4.16. The summed E-state index contributed by atoms with van der Waals surface area (Å²) in [6, 6.07) is 18.5. The molecule has 0 saturated carbocycles. The maximum atomic E-state index is 12.8. The van der Waals surface area contributed by atoms with Gasteiger partial charge in [0.2, 0.25) is 0 Å². The van der Waals surface area contributed by atoms with Gasteiger partial charge in [0, 0.05) is 17.2 Å². The van der Waals surface area contributed by atoms with E-state index in [0.717, 1.165) is 16.6 Å². The Morgan fingerprint density at radius 2 is 1.86 bits per heavy atom. The molecule has 5 nitrogen and oxygen atoms in total. The van der Waals surface area contributed by atoms with Gasteiger partial charge < -0.3 is 4.42 Å². The van der Waals surface area contributed by atoms with E-state index in [1.807, 2.05) is 48.5 Å². The van der Waals surface area contributed by atoms with E-state index in [1.165, 1.54) is 18.3 Å². The number of hydrogen-bond donors (Lipinski definition) is 0. The predicted molar refractivity (Wildman–Crippen MR) is 110 cm³/mol. The predicted octanol–water partition coefficient (Wildman–Crippen LogP) is 3.92. The number of para-hydroxylation sites is 2. The fourth-order valence-electron chi connectivity index (χ4n) is 3.20. The Kier molecular flexibility index (Phi) is 3.74. The second-order valence-electron chi connectivity index (χ2n) is 6.47. The third-order valence-corrected chi connectivity index (χ3v) is 5.59. The molecule has 28 heavy (non-hydrogen) atoms. The summed E-state index contributed by atoms with van der Waals surface area (Å²) < 4.78 is 8.09. The third kappa shape index (κ3) is 2.66. The zero-order valence-corrected chi connectivity index (χ0v) is 15.7. The first-order chi connectivity index (χ1) is 13.6. The standard InChI is InChI=1S/C22H14N2O3S/c1-13(25)14-6-8-15(9-7-14)19-11-10-16(27-19)12-20-21(26)24-18-5-3-2-4-17(18)23-22(24)28-20/h2-12H,1H3/b20-12+. The van der Waals surface area contributed by atoms with Crippen LogP contribution in [0.2, 0.25) is 0 Å². The zero-order valence-electron chi connectivity index (χ0n) is 14.9. The number of carbonyl (C=O) groups is 1. The van der Waals surface area contributed by atoms with Gasteiger partial charge in [-0.25, -0.2) is 9.38 Å². The van der Waals surface area contributed by atoms with Gasteiger partial charge in [0.25, 0.3) is 5.56 Å². The Morgan fingerprint density at radius 1 is 1.07 bits per heavy atom. The van der Waals surface area contributed by atoms with E-state index in [0.29, 0.717) is 26.6 Å². The Bertz CT molecular complexity index is 1460. The monoisotopic (exact) mass is 386 g/mol. The lowest BCUT2D eigenvalue weighted by molar-refractivity contribution is 0.101. The lowest BCUT2D eigenvalue weighted by Gasteiger charge is -1.98. The summed E-state index contributed by atoms with van der Waals surface area (Å²) in [4.78, 5) is 29.4. The van der Waals surface area contributed by atoms with Crippen LogP contribution >= 0.6 is 11.3 Å². The lowest BCUT2D eigenvalue weighted by Crippen LogP contribution is -2.22. The molecule has 0 saturated heterocycles. The van der Waals surface area contributed by atoms with Gasteiger partial charge in [-0.2, -0.15) is 0 Å². The van der Waals surface area contributed by atoms with Gasteiger partial charge in [-0.3, -0.25) is 9.59 Å². The Balaban J connectivity index is 1.56. The molecule has 3 heterocycles. The molecule has 136 valence electrons. The van der Waals surface area contributed by atoms with Crippen LogP contribution in [-0.2, 0) is 0 Å². The summed E-state index contributed by atoms with van der Waals surface area (Å²) in [5.74, 6) is 1.30. The second-order valence-corrected chi connectivity index (χ2v) is 7.48. The van der Waals surface area contributed by atoms with Crippen molar-refractivity contribution in [3.8, 4) is 11.3 Å². The van der Waals surface area contributed by atoms with Crippen LogP contribution in [0.5, 0.6) is 0 Å². The number of thiazole rings is 1. The highest BCUT2D eigenvalue weighted by Crippen LogP contribution is 2.23. The van der Waals surface area contributed by atoms with Crippen molar-refractivity contribution in [3.05, 3.63) is 86.9 Å². The average molecular weight is 386 g/mol. The third-order valence-electron chi connectivity index (χ3n) is 4.62. The molecule has 0 bridgehead atoms. The molecule has 0 fully saturated rings. The van der Waals surface area contributed by atoms with E-state index in [1.54, 1.807) is 22.6 Å². The number of fused-ring (bicyclic) bond motifs is 3. The molecule has 0 N–H and O–H groups in total. The molecule has 6 heteroatoms. The highest BCUT2D eigenvalue weighted by atomic mass is 32.1. The Morgan fingerprint density at radius 3 is 2.64 bits per heavy atom. The summed E-state index contributed by atoms with van der Waals surface area (Å²) >= 11 is 1.34. The number of rotatable bonds is 3. The molecule has 0 amide bonds. The van der Waals surface area contributed by atoms with E-state index >= 15 is 0 Å². The van der Waals surface area contributed by atoms with Gasteiger partial charge in [-0.1, -0.05) is 47.7 Å². The molecule has 3 aromatic heterocycles. The highest BCUT2D eigenvalue weighted by molar-refractivity contribution is 7.15. The zero-order chi connectivity index (χ0) is 19.3. The van der Waals surface area contributed by atoms with Crippen LogP contribution in [0.3, 0.4) is 0 Å². The minimum absolute atomic E-state index is 0.0261. The number of hydrogen-bond acceptors (Lipinski definition) is 5. The number of Topliss-reactive ketones (excluding diaryl/α,β-unsaturated/α-hetero) is 1. The van der Waals surface area contributed by atoms with Gasteiger partial charge in [0.1, 0.15) is 16.1 Å². The summed E-state index contributed by atoms with van der Waals surface area (Å²) in [6.07, 6.45) is 1.74. The Labute approximate surface area is 163 Å². The van der Waals surface area contributed by atoms with E-state index in [9.17, 15) is 9.59 Å². The van der Waals surface area contributed by atoms with Crippen molar-refractivity contribution in [2.75, 3.05) is 0 Å². The van der Waals surface area contributed by atoms with Gasteiger partial charge in [-0.15, -0.1) is 0 Å². The SMILES string of the molecule is CC(=O)c1ccc(-c2ccc(/C=c3/sc4nc5ccccc5n4c3=O)o2)cc1. The van der Waals surface area contributed by atoms with Crippen LogP contribution in [0.15, 0.2) is 69.9 Å². The molecule has 5 aromatic rings. The summed E-state index contributed by atoms with van der Waals surface area (Å²) in [5.41, 5.74) is 3.06. The van der Waals surface area contributed by atoms with Crippen molar-refractivity contribution in [1.29, 1.82) is 0 Å². The summed E-state index contributed by atoms with van der Waals surface area (Å²) in [5, 5.41) is 0. The van der Waals surface area contributed by atoms with Crippen molar-refractivity contribution in [1.82, 2.24) is 9.38 Å². The van der Waals surface area contributed by atoms with Crippen molar-refractivity contribution in [3.63, 3.8) is 0 Å². The second kappa shape index (κ2) is 6.28. The first kappa shape index (κ1) is 16.6. The lowest BCUT2D eigenvalue weighted by atomic mass is 10.1. The molecular weight excluding hydrogens is 372 g/mol. The highest BCUT2D eigenvalue weighted by Gasteiger charge is 2.11. The maximum Gasteiger partial charge on any atom is 0.275 e. The van der Waals surface area contributed by atoms with Crippen LogP contribution in [-0.4, -0.2) is 15.2 Å². The van der Waals surface area contributed by atoms with E-state index in [-0.39, 0.29) is 11.3 Å². The van der Waals surface area contributed by atoms with Gasteiger partial charge in [-0.05, 0) is 31.2 Å². The largest absolute Gasteiger partial charge is 0.457 e. The van der Waals surface area contributed by atoms with Crippen LogP contribution in [0.25, 0.3) is 33.4 Å². The summed E-state index contributed by atoms with van der Waals surface area (Å²) in [6.45, 7) is 1.54. The average Bonchev–Trinajstić information content (AvgIpc) is 3.38. The Hall–Kier alpha value is -3.51. The molecule has 0 aliphatic carbocycles. The molecule has 0 spiro atoms. The number of benzene rings is 2. The topological polar surface area (TPSA) is 64.6 Å². The van der Waals surface area contributed by atoms with Crippen LogP contribution in [0.4, 0.5) is 0 Å². The number of furan rings is 1. The first-order valence-corrected chi connectivity index (χ1v) is 9.55. The van der Waals surface area contributed by atoms with E-state index in [2.05, 4.69) is 4.98 Å². The molecule has 0 aliphatic heterocycles. The number of carbonyl (C=O) groups excluding carboxylic acids is 1. The molecule has 0 atom stereocenters. The van der Waals surface area contributed by atoms with Crippen molar-refractivity contribution in [2.24, 2.45) is 0 Å². The molecule has 5 rings (SSSR count). The van der Waals surface area contributed by atoms with Gasteiger partial charge in [0.05, 0.1) is 11.0 Å². The van der Waals surface area contributed by atoms with E-state index in [4.69, 9.17) is 4.42 Å². The number of aromatic nitrogens is 2. The normalized spacial score (nSPS) is 12.2. The molecule has 0 aliphatic rings. The molecular formula is C22H14N2O3S. The molecule has 2 aromatic carbocycles. The smallest absolute Gasteiger partial charge is 0.275 e. The van der Waals surface area contributed by atoms with Crippen molar-refractivity contribution < 1.29 is 9.21 Å². The molecule has 0 radical (unpaired) electrons. The maximum absolute atomic E-state index is 12.8. The first-order valence-electron chi connectivity index (χ1n) is 8.73. The van der Waals surface area contributed by atoms with Gasteiger partial charge in [0.15, 0.2) is 10.7 Å². The number of nitrogens with zero attached hydrogens (tertiary/aromatic N) is 2. The minimum Gasteiger partial charge on any atom is -0.457 e. The van der Waals surface area contributed by atoms with Crippen molar-refractivity contribution >= 4 is 39.2 Å². The quantitative estimate of drug-likeness (QED) is 0.441. The fraction of sp³-hybridized carbons (Fsp3) is 0.0455. The number of imidazole rings is 1. The van der Waals surface area contributed by atoms with Crippen molar-refractivity contribution in [2.45, 2.75) is 6.92 Å². The van der Waals surface area contributed by atoms with Gasteiger partial charge >= 0.3 is 0 Å². The number of ketones is 1. The van der Waals surface area contributed by atoms with Crippen LogP contribution in [0, 0.1) is 0 Å². The molecule has 0 unspecified atom stereocenters. The summed E-state index contributed by atoms with van der Waals surface area (Å²) in [7, 11) is 0.